The first-order valence-corrected chi connectivity index (χ1v) is 13.7. The molecule has 0 radical (unpaired) electrons. The summed E-state index contributed by atoms with van der Waals surface area (Å²) in [6.07, 6.45) is -3.59. The minimum absolute atomic E-state index is 0.0215. The molecular weight excluding hydrogens is 563 g/mol. The number of nitrogens with zero attached hydrogens (tertiary/aromatic N) is 2. The van der Waals surface area contributed by atoms with Crippen molar-refractivity contribution in [2.75, 3.05) is 38.9 Å². The maximum absolute atomic E-state index is 13.0. The molecule has 0 spiro atoms. The fourth-order valence-corrected chi connectivity index (χ4v) is 4.47. The Morgan fingerprint density at radius 3 is 2.59 bits per heavy atom. The molecular formula is C21H25ClF3N3O7S2. The summed E-state index contributed by atoms with van der Waals surface area (Å²) in [4.78, 5) is 15.4. The number of carboxylic acid groups (broad SMARTS) is 1. The quantitative estimate of drug-likeness (QED) is 0.304. The number of halogens is 4. The van der Waals surface area contributed by atoms with Gasteiger partial charge >= 0.3 is 22.5 Å². The lowest BCUT2D eigenvalue weighted by molar-refractivity contribution is -0.137. The molecule has 0 atom stereocenters. The Morgan fingerprint density at radius 1 is 1.27 bits per heavy atom. The minimum Gasteiger partial charge on any atom is -0.491 e. The Balaban J connectivity index is 2.40. The van der Waals surface area contributed by atoms with Gasteiger partial charge in [0.2, 0.25) is 5.88 Å². The van der Waals surface area contributed by atoms with E-state index in [4.69, 9.17) is 25.8 Å². The first kappa shape index (κ1) is 30.8. The van der Waals surface area contributed by atoms with Crippen LogP contribution in [0.4, 0.5) is 18.0 Å². The van der Waals surface area contributed by atoms with Crippen LogP contribution in [0.3, 0.4) is 0 Å². The normalized spacial score (nSPS) is 11.8. The number of amides is 1. The van der Waals surface area contributed by atoms with E-state index in [1.807, 2.05) is 6.26 Å². The summed E-state index contributed by atoms with van der Waals surface area (Å²) in [5.41, 5.74) is -1.05. The first-order chi connectivity index (χ1) is 17.4. The number of carbonyl (C=O) groups is 1. The molecule has 16 heteroatoms. The second-order valence-electron chi connectivity index (χ2n) is 7.26. The van der Waals surface area contributed by atoms with Crippen molar-refractivity contribution < 1.29 is 45.7 Å². The Labute approximate surface area is 221 Å². The highest BCUT2D eigenvalue weighted by Crippen LogP contribution is 2.36. The molecule has 1 amide bonds. The zero-order valence-corrected chi connectivity index (χ0v) is 22.1. The molecule has 0 bridgehead atoms. The minimum atomic E-state index is -4.69. The van der Waals surface area contributed by atoms with Crippen molar-refractivity contribution in [3.63, 3.8) is 0 Å². The molecule has 0 unspecified atom stereocenters. The monoisotopic (exact) mass is 587 g/mol. The van der Waals surface area contributed by atoms with Crippen molar-refractivity contribution in [3.05, 3.63) is 46.6 Å². The van der Waals surface area contributed by atoms with Gasteiger partial charge in [-0.05, 0) is 36.6 Å². The molecule has 1 heterocycles. The van der Waals surface area contributed by atoms with E-state index in [1.54, 1.807) is 0 Å². The predicted octanol–water partition coefficient (Wildman–Crippen LogP) is 4.64. The van der Waals surface area contributed by atoms with E-state index in [9.17, 15) is 31.5 Å². The van der Waals surface area contributed by atoms with Crippen molar-refractivity contribution in [1.29, 1.82) is 0 Å². The smallest absolute Gasteiger partial charge is 0.422 e. The Hall–Kier alpha value is -2.46. The van der Waals surface area contributed by atoms with Crippen LogP contribution in [0.15, 0.2) is 30.5 Å². The number of pyridine rings is 1. The van der Waals surface area contributed by atoms with Crippen LogP contribution in [-0.2, 0) is 27.7 Å². The van der Waals surface area contributed by atoms with Crippen LogP contribution in [-0.4, -0.2) is 67.8 Å². The predicted molar refractivity (Wildman–Crippen MR) is 132 cm³/mol. The SMILES string of the molecule is COCCOc1ccc(CN(C(=O)O)S(=O)(=O)NCCCSC)c(Oc2ncc(C(F)(F)F)cc2Cl)c1. The Morgan fingerprint density at radius 2 is 2.00 bits per heavy atom. The van der Waals surface area contributed by atoms with E-state index in [1.165, 1.54) is 37.1 Å². The standard InChI is InChI=1S/C21H25ClF3N3O7S2/c1-33-7-8-34-16-5-4-14(13-28(20(29)30)37(31,32)27-6-3-9-36-2)18(11-16)35-19-17(22)10-15(12-26-19)21(23,24)25/h4-5,10-12,27H,3,6-9,13H2,1-2H3,(H,29,30). The number of alkyl halides is 3. The highest BCUT2D eigenvalue weighted by atomic mass is 35.5. The van der Waals surface area contributed by atoms with Gasteiger partial charge in [0.1, 0.15) is 23.1 Å². The van der Waals surface area contributed by atoms with Gasteiger partial charge in [0, 0.05) is 31.5 Å². The van der Waals surface area contributed by atoms with E-state index < -0.39 is 45.5 Å². The van der Waals surface area contributed by atoms with E-state index in [0.29, 0.717) is 24.4 Å². The molecule has 1 aromatic carbocycles. The third kappa shape index (κ3) is 9.41. The number of thioether (sulfide) groups is 1. The molecule has 0 aliphatic heterocycles. The summed E-state index contributed by atoms with van der Waals surface area (Å²) in [7, 11) is -2.98. The first-order valence-electron chi connectivity index (χ1n) is 10.5. The number of hydrogen-bond acceptors (Lipinski definition) is 8. The van der Waals surface area contributed by atoms with E-state index in [0.717, 1.165) is 0 Å². The molecule has 0 fully saturated rings. The molecule has 0 aliphatic rings. The van der Waals surface area contributed by atoms with Crippen LogP contribution in [0, 0.1) is 0 Å². The second kappa shape index (κ2) is 13.9. The number of hydrogen-bond donors (Lipinski definition) is 2. The molecule has 37 heavy (non-hydrogen) atoms. The summed E-state index contributed by atoms with van der Waals surface area (Å²) >= 11 is 7.45. The zero-order chi connectivity index (χ0) is 27.6. The van der Waals surface area contributed by atoms with Gasteiger partial charge in [0.25, 0.3) is 0 Å². The molecule has 2 N–H and O–H groups in total. The van der Waals surface area contributed by atoms with Crippen LogP contribution in [0.1, 0.15) is 17.5 Å². The van der Waals surface area contributed by atoms with Crippen molar-refractivity contribution in [1.82, 2.24) is 14.0 Å². The average molecular weight is 588 g/mol. The number of methoxy groups -OCH3 is 1. The molecule has 2 aromatic rings. The summed E-state index contributed by atoms with van der Waals surface area (Å²) in [6.45, 7) is -0.269. The van der Waals surface area contributed by atoms with Crippen molar-refractivity contribution in [3.8, 4) is 17.4 Å². The van der Waals surface area contributed by atoms with Gasteiger partial charge in [-0.15, -0.1) is 0 Å². The van der Waals surface area contributed by atoms with E-state index in [2.05, 4.69) is 9.71 Å². The van der Waals surface area contributed by atoms with Gasteiger partial charge in [-0.2, -0.15) is 42.4 Å². The molecule has 0 saturated heterocycles. The topological polar surface area (TPSA) is 127 Å². The van der Waals surface area contributed by atoms with Crippen LogP contribution in [0.25, 0.3) is 0 Å². The number of ether oxygens (including phenoxy) is 3. The van der Waals surface area contributed by atoms with E-state index >= 15 is 0 Å². The van der Waals surface area contributed by atoms with Crippen LogP contribution >= 0.6 is 23.4 Å². The molecule has 0 saturated carbocycles. The van der Waals surface area contributed by atoms with Crippen LogP contribution in [0.2, 0.25) is 5.02 Å². The van der Waals surface area contributed by atoms with Gasteiger partial charge < -0.3 is 19.3 Å². The largest absolute Gasteiger partial charge is 0.491 e. The summed E-state index contributed by atoms with van der Waals surface area (Å²) in [5, 5.41) is 9.12. The number of benzene rings is 1. The molecule has 0 aliphatic carbocycles. The van der Waals surface area contributed by atoms with E-state index in [-0.39, 0.29) is 41.1 Å². The van der Waals surface area contributed by atoms with Gasteiger partial charge in [-0.25, -0.2) is 9.78 Å². The van der Waals surface area contributed by atoms with Crippen molar-refractivity contribution in [2.45, 2.75) is 19.1 Å². The Bertz CT molecular complexity index is 1170. The maximum Gasteiger partial charge on any atom is 0.422 e. The lowest BCUT2D eigenvalue weighted by Crippen LogP contribution is -2.43. The van der Waals surface area contributed by atoms with Gasteiger partial charge in [-0.3, -0.25) is 0 Å². The lowest BCUT2D eigenvalue weighted by atomic mass is 10.2. The summed E-state index contributed by atoms with van der Waals surface area (Å²) in [5.74, 6) is 0.357. The maximum atomic E-state index is 13.0. The number of aromatic nitrogens is 1. The van der Waals surface area contributed by atoms with Gasteiger partial charge in [-0.1, -0.05) is 11.6 Å². The van der Waals surface area contributed by atoms with Gasteiger partial charge in [0.15, 0.2) is 0 Å². The van der Waals surface area contributed by atoms with Crippen molar-refractivity contribution >= 4 is 39.7 Å². The third-order valence-corrected chi connectivity index (χ3v) is 6.97. The average Bonchev–Trinajstić information content (AvgIpc) is 2.81. The number of nitrogens with one attached hydrogen (secondary N) is 1. The van der Waals surface area contributed by atoms with Gasteiger partial charge in [0.05, 0.1) is 18.7 Å². The zero-order valence-electron chi connectivity index (χ0n) is 19.7. The highest BCUT2D eigenvalue weighted by molar-refractivity contribution is 7.98. The fraction of sp³-hybridized carbons (Fsp3) is 0.429. The molecule has 10 nitrogen and oxygen atoms in total. The third-order valence-electron chi connectivity index (χ3n) is 4.56. The number of rotatable bonds is 14. The summed E-state index contributed by atoms with van der Waals surface area (Å²) < 4.78 is 82.6. The fourth-order valence-electron chi connectivity index (χ4n) is 2.76. The summed E-state index contributed by atoms with van der Waals surface area (Å²) in [6, 6.07) is 4.72. The molecule has 1 aromatic heterocycles. The Kier molecular flexibility index (Phi) is 11.6. The molecule has 206 valence electrons. The van der Waals surface area contributed by atoms with Crippen molar-refractivity contribution in [2.24, 2.45) is 0 Å². The lowest BCUT2D eigenvalue weighted by Gasteiger charge is -2.21. The highest BCUT2D eigenvalue weighted by Gasteiger charge is 2.32. The van der Waals surface area contributed by atoms with Crippen LogP contribution < -0.4 is 14.2 Å². The van der Waals surface area contributed by atoms with Crippen LogP contribution in [0.5, 0.6) is 17.4 Å². The molecule has 2 rings (SSSR count). The second-order valence-corrected chi connectivity index (χ2v) is 10.3.